The molecule has 1 atom stereocenters. The molecule has 1 aliphatic carbocycles. The molecule has 13 heteroatoms. The fraction of sp³-hybridized carbons (Fsp3) is 0.316. The van der Waals surface area contributed by atoms with Gasteiger partial charge < -0.3 is 29.7 Å². The van der Waals surface area contributed by atoms with Gasteiger partial charge in [0.05, 0.1) is 25.4 Å². The number of rotatable bonds is 13. The molecule has 4 aromatic rings. The molecule has 266 valence electrons. The van der Waals surface area contributed by atoms with Crippen LogP contribution >= 0.6 is 0 Å². The van der Waals surface area contributed by atoms with Crippen molar-refractivity contribution in [2.45, 2.75) is 44.9 Å². The maximum absolute atomic E-state index is 13.6. The fourth-order valence-electron chi connectivity index (χ4n) is 5.68. The van der Waals surface area contributed by atoms with E-state index in [1.54, 1.807) is 30.3 Å². The third-order valence-electron chi connectivity index (χ3n) is 8.18. The van der Waals surface area contributed by atoms with Gasteiger partial charge in [0.25, 0.3) is 5.91 Å². The standard InChI is InChI=1S/C38H41N5O8/c1-38(2,3)51-23-26(39-37(48)50-24-31-29-16-10-8-14-27(29)28-15-9-11-17-30(28)31)20-43(22-34(45)49-4)33(44)21-42-19-18-32(41-36(42)47)40-35(46)25-12-6-5-7-13-25/h5-19,26,31H,20-24H2,1-4H3,(H,39,48)(H,40,41,46,47)/t26-/m1/s1. The molecule has 0 aliphatic heterocycles. The van der Waals surface area contributed by atoms with Crippen molar-refractivity contribution >= 4 is 29.7 Å². The SMILES string of the molecule is COC(=O)CN(C[C@H](COC(C)(C)C)NC(=O)OCC1c2ccccc2-c2ccccc21)C(=O)Cn1ccc(NC(=O)c2ccccc2)nc1=O. The number of fused-ring (bicyclic) bond motifs is 3. The Labute approximate surface area is 295 Å². The minimum Gasteiger partial charge on any atom is -0.468 e. The van der Waals surface area contributed by atoms with Gasteiger partial charge in [-0.2, -0.15) is 4.98 Å². The van der Waals surface area contributed by atoms with Crippen molar-refractivity contribution < 1.29 is 33.4 Å². The van der Waals surface area contributed by atoms with Crippen LogP contribution in [0.2, 0.25) is 0 Å². The molecule has 13 nitrogen and oxygen atoms in total. The Morgan fingerprint density at radius 3 is 2.14 bits per heavy atom. The number of ether oxygens (including phenoxy) is 3. The van der Waals surface area contributed by atoms with E-state index >= 15 is 0 Å². The number of benzene rings is 3. The number of alkyl carbamates (subject to hydrolysis) is 1. The van der Waals surface area contributed by atoms with E-state index in [4.69, 9.17) is 14.2 Å². The van der Waals surface area contributed by atoms with Gasteiger partial charge in [-0.1, -0.05) is 66.7 Å². The molecular formula is C38H41N5O8. The zero-order valence-corrected chi connectivity index (χ0v) is 29.0. The second-order valence-corrected chi connectivity index (χ2v) is 13.0. The number of nitrogens with zero attached hydrogens (tertiary/aromatic N) is 3. The predicted octanol–water partition coefficient (Wildman–Crippen LogP) is 4.22. The Kier molecular flexibility index (Phi) is 11.6. The summed E-state index contributed by atoms with van der Waals surface area (Å²) >= 11 is 0. The van der Waals surface area contributed by atoms with Crippen LogP contribution in [0, 0.1) is 0 Å². The summed E-state index contributed by atoms with van der Waals surface area (Å²) < 4.78 is 17.6. The van der Waals surface area contributed by atoms with Gasteiger partial charge in [0.15, 0.2) is 0 Å². The van der Waals surface area contributed by atoms with Gasteiger partial charge in [-0.3, -0.25) is 19.0 Å². The van der Waals surface area contributed by atoms with Crippen molar-refractivity contribution in [3.8, 4) is 11.1 Å². The Morgan fingerprint density at radius 2 is 1.53 bits per heavy atom. The summed E-state index contributed by atoms with van der Waals surface area (Å²) in [6, 6.07) is 25.0. The molecule has 0 fully saturated rings. The summed E-state index contributed by atoms with van der Waals surface area (Å²) in [6.07, 6.45) is 0.595. The molecule has 0 spiro atoms. The minimum atomic E-state index is -0.807. The van der Waals surface area contributed by atoms with Crippen molar-refractivity contribution in [3.63, 3.8) is 0 Å². The van der Waals surface area contributed by atoms with E-state index in [1.807, 2.05) is 69.3 Å². The first-order chi connectivity index (χ1) is 24.4. The van der Waals surface area contributed by atoms with E-state index in [9.17, 15) is 24.0 Å². The predicted molar refractivity (Wildman–Crippen MR) is 189 cm³/mol. The maximum Gasteiger partial charge on any atom is 0.407 e. The monoisotopic (exact) mass is 695 g/mol. The largest absolute Gasteiger partial charge is 0.468 e. The molecule has 0 saturated carbocycles. The van der Waals surface area contributed by atoms with Gasteiger partial charge in [0, 0.05) is 24.2 Å². The summed E-state index contributed by atoms with van der Waals surface area (Å²) in [5, 5.41) is 5.36. The summed E-state index contributed by atoms with van der Waals surface area (Å²) in [5.74, 6) is -1.93. The quantitative estimate of drug-likeness (QED) is 0.196. The number of hydrogen-bond acceptors (Lipinski definition) is 9. The molecule has 51 heavy (non-hydrogen) atoms. The summed E-state index contributed by atoms with van der Waals surface area (Å²) in [6.45, 7) is 4.50. The van der Waals surface area contributed by atoms with E-state index < -0.39 is 54.3 Å². The van der Waals surface area contributed by atoms with Crippen molar-refractivity contribution in [1.29, 1.82) is 0 Å². The normalized spacial score (nSPS) is 12.6. The highest BCUT2D eigenvalue weighted by molar-refractivity contribution is 6.03. The first-order valence-electron chi connectivity index (χ1n) is 16.5. The zero-order valence-electron chi connectivity index (χ0n) is 29.0. The Bertz CT molecular complexity index is 1890. The first kappa shape index (κ1) is 36.5. The lowest BCUT2D eigenvalue weighted by Crippen LogP contribution is -2.51. The molecule has 1 aromatic heterocycles. The second kappa shape index (κ2) is 16.3. The van der Waals surface area contributed by atoms with E-state index in [2.05, 4.69) is 15.6 Å². The molecule has 0 bridgehead atoms. The molecule has 2 N–H and O–H groups in total. The summed E-state index contributed by atoms with van der Waals surface area (Å²) in [7, 11) is 1.19. The van der Waals surface area contributed by atoms with Crippen LogP contribution < -0.4 is 16.3 Å². The van der Waals surface area contributed by atoms with Crippen LogP contribution in [0.25, 0.3) is 11.1 Å². The third kappa shape index (κ3) is 9.67. The van der Waals surface area contributed by atoms with Crippen molar-refractivity contribution in [1.82, 2.24) is 19.8 Å². The van der Waals surface area contributed by atoms with Gasteiger partial charge in [-0.25, -0.2) is 9.59 Å². The van der Waals surface area contributed by atoms with Crippen LogP contribution in [-0.2, 0) is 30.3 Å². The highest BCUT2D eigenvalue weighted by Gasteiger charge is 2.30. The lowest BCUT2D eigenvalue weighted by atomic mass is 9.98. The molecule has 5 rings (SSSR count). The topological polar surface area (TPSA) is 158 Å². The average Bonchev–Trinajstić information content (AvgIpc) is 3.43. The van der Waals surface area contributed by atoms with Crippen LogP contribution in [0.15, 0.2) is 95.9 Å². The van der Waals surface area contributed by atoms with E-state index in [1.165, 1.54) is 24.3 Å². The van der Waals surface area contributed by atoms with Crippen LogP contribution in [0.4, 0.5) is 10.6 Å². The lowest BCUT2D eigenvalue weighted by molar-refractivity contribution is -0.147. The smallest absolute Gasteiger partial charge is 0.407 e. The molecule has 1 aliphatic rings. The number of amides is 3. The Balaban J connectivity index is 1.27. The highest BCUT2D eigenvalue weighted by Crippen LogP contribution is 2.44. The van der Waals surface area contributed by atoms with Gasteiger partial charge in [-0.15, -0.1) is 0 Å². The lowest BCUT2D eigenvalue weighted by Gasteiger charge is -2.30. The summed E-state index contributed by atoms with van der Waals surface area (Å²) in [5.41, 5.74) is 3.31. The van der Waals surface area contributed by atoms with E-state index in [0.29, 0.717) is 5.56 Å². The first-order valence-corrected chi connectivity index (χ1v) is 16.5. The fourth-order valence-corrected chi connectivity index (χ4v) is 5.68. The molecule has 0 saturated heterocycles. The molecule has 0 unspecified atom stereocenters. The van der Waals surface area contributed by atoms with Crippen molar-refractivity contribution in [2.24, 2.45) is 0 Å². The van der Waals surface area contributed by atoms with Gasteiger partial charge in [0.1, 0.15) is 25.5 Å². The summed E-state index contributed by atoms with van der Waals surface area (Å²) in [4.78, 5) is 69.7. The van der Waals surface area contributed by atoms with Gasteiger partial charge in [-0.05, 0) is 61.2 Å². The molecule has 3 amide bonds. The van der Waals surface area contributed by atoms with Gasteiger partial charge >= 0.3 is 17.8 Å². The maximum atomic E-state index is 13.6. The van der Waals surface area contributed by atoms with Crippen molar-refractivity contribution in [2.75, 3.05) is 38.7 Å². The van der Waals surface area contributed by atoms with Crippen LogP contribution in [-0.4, -0.2) is 83.4 Å². The minimum absolute atomic E-state index is 0.00987. The molecule has 0 radical (unpaired) electrons. The highest BCUT2D eigenvalue weighted by atomic mass is 16.6. The number of hydrogen-bond donors (Lipinski definition) is 2. The van der Waals surface area contributed by atoms with E-state index in [0.717, 1.165) is 26.8 Å². The molecular weight excluding hydrogens is 654 g/mol. The molecule has 3 aromatic carbocycles. The third-order valence-corrected chi connectivity index (χ3v) is 8.18. The molecule has 1 heterocycles. The number of carbonyl (C=O) groups excluding carboxylic acids is 4. The van der Waals surface area contributed by atoms with Crippen molar-refractivity contribution in [3.05, 3.63) is 118 Å². The second-order valence-electron chi connectivity index (χ2n) is 13.0. The Hall–Kier alpha value is -5.82. The average molecular weight is 696 g/mol. The van der Waals surface area contributed by atoms with Crippen LogP contribution in [0.1, 0.15) is 48.2 Å². The Morgan fingerprint density at radius 1 is 0.902 bits per heavy atom. The number of aromatic nitrogens is 2. The van der Waals surface area contributed by atoms with Gasteiger partial charge in [0.2, 0.25) is 5.91 Å². The number of anilines is 1. The van der Waals surface area contributed by atoms with E-state index in [-0.39, 0.29) is 31.5 Å². The number of methoxy groups -OCH3 is 1. The zero-order chi connectivity index (χ0) is 36.5. The number of carbonyl (C=O) groups is 4. The van der Waals surface area contributed by atoms with Crippen LogP contribution in [0.5, 0.6) is 0 Å². The number of nitrogens with one attached hydrogen (secondary N) is 2. The number of esters is 1. The van der Waals surface area contributed by atoms with Crippen LogP contribution in [0.3, 0.4) is 0 Å².